The second-order valence-electron chi connectivity index (χ2n) is 12.1. The molecule has 1 heterocycles. The van der Waals surface area contributed by atoms with Gasteiger partial charge < -0.3 is 4.90 Å². The smallest absolute Gasteiger partial charge is 0.0512 e. The maximum absolute atomic E-state index is 2.58. The summed E-state index contributed by atoms with van der Waals surface area (Å²) in [5, 5.41) is 2.82. The Kier molecular flexibility index (Phi) is 4.90. The Morgan fingerprint density at radius 1 is 0.537 bits per heavy atom. The second kappa shape index (κ2) is 8.69. The van der Waals surface area contributed by atoms with Crippen molar-refractivity contribution in [2.45, 2.75) is 37.0 Å². The lowest BCUT2D eigenvalue weighted by Gasteiger charge is -2.55. The molecule has 1 fully saturated rings. The van der Waals surface area contributed by atoms with E-state index < -0.39 is 0 Å². The van der Waals surface area contributed by atoms with Crippen LogP contribution in [0.3, 0.4) is 0 Å². The molecule has 1 spiro atoms. The number of nitrogens with zero attached hydrogens (tertiary/aromatic N) is 1. The van der Waals surface area contributed by atoms with Crippen molar-refractivity contribution < 1.29 is 0 Å². The molecule has 4 aliphatic rings. The topological polar surface area (TPSA) is 3.24 Å². The normalized spacial score (nSPS) is 20.1. The van der Waals surface area contributed by atoms with Crippen LogP contribution in [-0.4, -0.2) is 0 Å². The Morgan fingerprint density at radius 3 is 1.95 bits per heavy atom. The van der Waals surface area contributed by atoms with E-state index >= 15 is 0 Å². The highest BCUT2D eigenvalue weighted by Gasteiger charge is 2.53. The van der Waals surface area contributed by atoms with Crippen molar-refractivity contribution in [1.82, 2.24) is 0 Å². The van der Waals surface area contributed by atoms with Crippen LogP contribution in [0.5, 0.6) is 0 Å². The van der Waals surface area contributed by atoms with Crippen LogP contribution in [0.15, 0.2) is 133 Å². The van der Waals surface area contributed by atoms with Gasteiger partial charge in [-0.3, -0.25) is 0 Å². The average Bonchev–Trinajstić information content (AvgIpc) is 3.06. The molecule has 6 aromatic rings. The van der Waals surface area contributed by atoms with Gasteiger partial charge in [-0.15, -0.1) is 0 Å². The summed E-state index contributed by atoms with van der Waals surface area (Å²) in [5.41, 5.74) is 14.0. The van der Waals surface area contributed by atoms with Gasteiger partial charge in [-0.2, -0.15) is 0 Å². The fourth-order valence-electron chi connectivity index (χ4n) is 8.42. The molecule has 41 heavy (non-hydrogen) atoms. The van der Waals surface area contributed by atoms with Crippen LogP contribution in [0.2, 0.25) is 0 Å². The first-order chi connectivity index (χ1) is 20.3. The van der Waals surface area contributed by atoms with Crippen LogP contribution < -0.4 is 4.90 Å². The summed E-state index contributed by atoms with van der Waals surface area (Å²) in [6.07, 6.45) is 5.00. The van der Waals surface area contributed by atoms with Crippen molar-refractivity contribution in [2.24, 2.45) is 0 Å². The maximum Gasteiger partial charge on any atom is 0.0512 e. The predicted molar refractivity (Wildman–Crippen MR) is 171 cm³/mol. The third kappa shape index (κ3) is 3.24. The van der Waals surface area contributed by atoms with E-state index in [1.54, 1.807) is 11.1 Å². The quantitative estimate of drug-likeness (QED) is 0.222. The largest absolute Gasteiger partial charge is 0.310 e. The minimum Gasteiger partial charge on any atom is -0.310 e. The molecular weight excluding hydrogens is 494 g/mol. The van der Waals surface area contributed by atoms with Gasteiger partial charge in [0.2, 0.25) is 0 Å². The van der Waals surface area contributed by atoms with E-state index in [-0.39, 0.29) is 5.41 Å². The molecule has 0 saturated heterocycles. The third-order valence-electron chi connectivity index (χ3n) is 10.1. The molecule has 2 bridgehead atoms. The molecule has 6 aromatic carbocycles. The monoisotopic (exact) mass is 525 g/mol. The Labute approximate surface area is 241 Å². The van der Waals surface area contributed by atoms with Crippen molar-refractivity contribution in [2.75, 3.05) is 4.90 Å². The Bertz CT molecular complexity index is 1930. The Morgan fingerprint density at radius 2 is 1.20 bits per heavy atom. The molecule has 1 aliphatic heterocycles. The Balaban J connectivity index is 1.36. The van der Waals surface area contributed by atoms with Crippen molar-refractivity contribution >= 4 is 27.8 Å². The molecule has 196 valence electrons. The lowest BCUT2D eigenvalue weighted by atomic mass is 9.52. The highest BCUT2D eigenvalue weighted by atomic mass is 15.2. The summed E-state index contributed by atoms with van der Waals surface area (Å²) in [4.78, 5) is 2.58. The molecule has 0 aromatic heterocycles. The summed E-state index contributed by atoms with van der Waals surface area (Å²) >= 11 is 0. The van der Waals surface area contributed by atoms with E-state index in [1.165, 1.54) is 81.3 Å². The van der Waals surface area contributed by atoms with Gasteiger partial charge in [0.15, 0.2) is 0 Å². The van der Waals surface area contributed by atoms with Crippen molar-refractivity contribution in [3.05, 3.63) is 150 Å². The standard InChI is InChI=1S/C40H31N/c1-3-10-27(11-4-1)28-18-20-32(21-19-28)41-35-17-9-16-34(29-12-5-2-6-13-29)38(35)40-24-22-30(23-25-40)37-33-15-8-7-14-31(33)26-36(41)39(37)40/h1-21,26,30H,22-25H2. The first kappa shape index (κ1) is 23.1. The SMILES string of the molecule is c1ccc(-c2ccc(N3c4cccc(-c5ccccc5)c4C45CCC(CC4)c4c5c3cc3ccccc43)cc2)cc1. The van der Waals surface area contributed by atoms with Gasteiger partial charge in [-0.1, -0.05) is 109 Å². The Hall–Kier alpha value is -4.62. The molecule has 1 nitrogen and oxygen atoms in total. The van der Waals surface area contributed by atoms with Crippen LogP contribution in [0, 0.1) is 0 Å². The number of hydrogen-bond acceptors (Lipinski definition) is 1. The highest BCUT2D eigenvalue weighted by molar-refractivity contribution is 6.00. The molecule has 3 aliphatic carbocycles. The van der Waals surface area contributed by atoms with Crippen LogP contribution >= 0.6 is 0 Å². The fraction of sp³-hybridized carbons (Fsp3) is 0.150. The van der Waals surface area contributed by atoms with Crippen LogP contribution in [0.4, 0.5) is 17.1 Å². The lowest BCUT2D eigenvalue weighted by Crippen LogP contribution is -2.44. The number of fused-ring (bicyclic) bond motifs is 4. The van der Waals surface area contributed by atoms with Gasteiger partial charge in [0.25, 0.3) is 0 Å². The maximum atomic E-state index is 2.58. The molecule has 0 radical (unpaired) electrons. The number of benzene rings is 6. The zero-order valence-electron chi connectivity index (χ0n) is 23.1. The fourth-order valence-corrected chi connectivity index (χ4v) is 8.42. The van der Waals surface area contributed by atoms with Gasteiger partial charge in [-0.05, 0) is 106 Å². The molecule has 1 heteroatoms. The van der Waals surface area contributed by atoms with E-state index in [4.69, 9.17) is 0 Å². The summed E-state index contributed by atoms with van der Waals surface area (Å²) in [6.45, 7) is 0. The molecule has 0 N–H and O–H groups in total. The van der Waals surface area contributed by atoms with E-state index in [2.05, 4.69) is 138 Å². The zero-order valence-corrected chi connectivity index (χ0v) is 23.1. The van der Waals surface area contributed by atoms with Gasteiger partial charge in [0, 0.05) is 11.1 Å². The predicted octanol–water partition coefficient (Wildman–Crippen LogP) is 10.9. The van der Waals surface area contributed by atoms with Crippen molar-refractivity contribution in [1.29, 1.82) is 0 Å². The van der Waals surface area contributed by atoms with Crippen LogP contribution in [0.25, 0.3) is 33.0 Å². The summed E-state index contributed by atoms with van der Waals surface area (Å²) in [6, 6.07) is 49.6. The van der Waals surface area contributed by atoms with Crippen LogP contribution in [0.1, 0.15) is 48.3 Å². The third-order valence-corrected chi connectivity index (χ3v) is 10.1. The van der Waals surface area contributed by atoms with Gasteiger partial charge in [0.05, 0.1) is 11.4 Å². The van der Waals surface area contributed by atoms with Gasteiger partial charge >= 0.3 is 0 Å². The minimum atomic E-state index is 0.0473. The molecule has 10 rings (SSSR count). The average molecular weight is 526 g/mol. The van der Waals surface area contributed by atoms with Gasteiger partial charge in [0.1, 0.15) is 0 Å². The van der Waals surface area contributed by atoms with E-state index in [0.717, 1.165) is 0 Å². The van der Waals surface area contributed by atoms with E-state index in [0.29, 0.717) is 5.92 Å². The first-order valence-electron chi connectivity index (χ1n) is 15.0. The molecule has 1 saturated carbocycles. The molecule has 0 atom stereocenters. The summed E-state index contributed by atoms with van der Waals surface area (Å²) in [5.74, 6) is 0.643. The second-order valence-corrected chi connectivity index (χ2v) is 12.1. The number of rotatable bonds is 3. The lowest BCUT2D eigenvalue weighted by molar-refractivity contribution is 0.281. The van der Waals surface area contributed by atoms with E-state index in [1.807, 2.05) is 0 Å². The zero-order chi connectivity index (χ0) is 27.0. The minimum absolute atomic E-state index is 0.0473. The summed E-state index contributed by atoms with van der Waals surface area (Å²) in [7, 11) is 0. The number of anilines is 3. The van der Waals surface area contributed by atoms with Crippen molar-refractivity contribution in [3.63, 3.8) is 0 Å². The van der Waals surface area contributed by atoms with E-state index in [9.17, 15) is 0 Å². The molecule has 0 unspecified atom stereocenters. The van der Waals surface area contributed by atoms with Crippen molar-refractivity contribution in [3.8, 4) is 22.3 Å². The summed E-state index contributed by atoms with van der Waals surface area (Å²) < 4.78 is 0. The van der Waals surface area contributed by atoms with Crippen LogP contribution in [-0.2, 0) is 5.41 Å². The van der Waals surface area contributed by atoms with Gasteiger partial charge in [-0.25, -0.2) is 0 Å². The molecular formula is C40H31N. The number of hydrogen-bond donors (Lipinski definition) is 0. The highest BCUT2D eigenvalue weighted by Crippen LogP contribution is 2.66. The first-order valence-corrected chi connectivity index (χ1v) is 15.0. The molecule has 0 amide bonds.